The molecule has 8 heteroatoms. The van der Waals surface area contributed by atoms with Crippen LogP contribution in [0.3, 0.4) is 0 Å². The molecule has 2 aliphatic rings. The molecule has 3 amide bonds. The number of urea groups is 1. The number of carboxylic acids is 1. The molecular weight excluding hydrogens is 278 g/mol. The molecule has 0 aromatic rings. The molecule has 0 bridgehead atoms. The van der Waals surface area contributed by atoms with Crippen LogP contribution in [0.5, 0.6) is 0 Å². The normalized spacial score (nSPS) is 30.0. The molecule has 2 unspecified atom stereocenters. The molecule has 0 radical (unpaired) electrons. The number of hydrogen-bond acceptors (Lipinski definition) is 4. The van der Waals surface area contributed by atoms with Crippen LogP contribution >= 0.6 is 0 Å². The van der Waals surface area contributed by atoms with Crippen molar-refractivity contribution in [3.63, 3.8) is 0 Å². The predicted molar refractivity (Wildman–Crippen MR) is 72.6 cm³/mol. The van der Waals surface area contributed by atoms with Crippen molar-refractivity contribution in [2.45, 2.75) is 37.8 Å². The fourth-order valence-corrected chi connectivity index (χ4v) is 2.88. The van der Waals surface area contributed by atoms with E-state index in [4.69, 9.17) is 5.11 Å². The summed E-state index contributed by atoms with van der Waals surface area (Å²) in [6, 6.07) is -1.37. The molecule has 2 rings (SSSR count). The van der Waals surface area contributed by atoms with Crippen LogP contribution in [0.1, 0.15) is 26.2 Å². The van der Waals surface area contributed by atoms with Crippen LogP contribution in [0.25, 0.3) is 0 Å². The van der Waals surface area contributed by atoms with Crippen LogP contribution in [0.2, 0.25) is 0 Å². The highest BCUT2D eigenvalue weighted by Gasteiger charge is 2.39. The van der Waals surface area contributed by atoms with Gasteiger partial charge in [0.05, 0.1) is 18.6 Å². The second-order valence-electron chi connectivity index (χ2n) is 5.90. The number of amides is 3. The Labute approximate surface area is 122 Å². The maximum Gasteiger partial charge on any atom is 0.320 e. The average Bonchev–Trinajstić information content (AvgIpc) is 2.38. The Hall–Kier alpha value is -1.83. The molecule has 0 spiro atoms. The first-order valence-corrected chi connectivity index (χ1v) is 7.07. The molecule has 2 saturated heterocycles. The molecule has 2 aliphatic heterocycles. The number of likely N-dealkylation sites (tertiary alicyclic amines) is 1. The van der Waals surface area contributed by atoms with E-state index in [0.717, 1.165) is 0 Å². The van der Waals surface area contributed by atoms with Crippen molar-refractivity contribution >= 4 is 17.9 Å². The van der Waals surface area contributed by atoms with Crippen molar-refractivity contribution in [1.82, 2.24) is 15.1 Å². The molecule has 2 atom stereocenters. The van der Waals surface area contributed by atoms with Crippen LogP contribution in [-0.4, -0.2) is 75.7 Å². The predicted octanol–water partition coefficient (Wildman–Crippen LogP) is -0.772. The monoisotopic (exact) mass is 299 g/mol. The second kappa shape index (κ2) is 5.88. The van der Waals surface area contributed by atoms with Gasteiger partial charge in [-0.25, -0.2) is 4.79 Å². The van der Waals surface area contributed by atoms with Crippen LogP contribution < -0.4 is 5.32 Å². The van der Waals surface area contributed by atoms with Gasteiger partial charge in [-0.2, -0.15) is 0 Å². The van der Waals surface area contributed by atoms with Crippen molar-refractivity contribution in [3.05, 3.63) is 0 Å². The highest BCUT2D eigenvalue weighted by Crippen LogP contribution is 2.22. The summed E-state index contributed by atoms with van der Waals surface area (Å²) in [5, 5.41) is 21.6. The van der Waals surface area contributed by atoms with E-state index in [2.05, 4.69) is 5.32 Å². The maximum absolute atomic E-state index is 12.5. The number of nitrogens with one attached hydrogen (secondary N) is 1. The van der Waals surface area contributed by atoms with E-state index in [-0.39, 0.29) is 19.1 Å². The Morgan fingerprint density at radius 1 is 1.43 bits per heavy atom. The first-order chi connectivity index (χ1) is 9.80. The van der Waals surface area contributed by atoms with Crippen LogP contribution in [-0.2, 0) is 9.59 Å². The van der Waals surface area contributed by atoms with Gasteiger partial charge in [0.2, 0.25) is 5.91 Å². The van der Waals surface area contributed by atoms with Crippen LogP contribution in [0, 0.1) is 0 Å². The second-order valence-corrected chi connectivity index (χ2v) is 5.90. The lowest BCUT2D eigenvalue weighted by Gasteiger charge is -2.42. The molecule has 0 aromatic carbocycles. The molecule has 3 N–H and O–H groups in total. The van der Waals surface area contributed by atoms with Crippen molar-refractivity contribution in [3.8, 4) is 0 Å². The summed E-state index contributed by atoms with van der Waals surface area (Å²) in [4.78, 5) is 38.1. The summed E-state index contributed by atoms with van der Waals surface area (Å²) >= 11 is 0. The molecule has 118 valence electrons. The molecule has 2 fully saturated rings. The first kappa shape index (κ1) is 15.6. The Morgan fingerprint density at radius 3 is 2.76 bits per heavy atom. The SMILES string of the molecule is CC1(O)CCCN(C(=O)N2CCNC(=O)C2CC(=O)O)C1. The van der Waals surface area contributed by atoms with E-state index in [1.165, 1.54) is 9.80 Å². The number of rotatable bonds is 2. The molecule has 21 heavy (non-hydrogen) atoms. The van der Waals surface area contributed by atoms with Crippen LogP contribution in [0.15, 0.2) is 0 Å². The van der Waals surface area contributed by atoms with Gasteiger partial charge in [-0.3, -0.25) is 9.59 Å². The van der Waals surface area contributed by atoms with E-state index < -0.39 is 29.9 Å². The first-order valence-electron chi connectivity index (χ1n) is 7.07. The fourth-order valence-electron chi connectivity index (χ4n) is 2.88. The Morgan fingerprint density at radius 2 is 2.14 bits per heavy atom. The summed E-state index contributed by atoms with van der Waals surface area (Å²) in [5.41, 5.74) is -0.936. The van der Waals surface area contributed by atoms with E-state index in [1.807, 2.05) is 0 Å². The third-order valence-electron chi connectivity index (χ3n) is 3.89. The van der Waals surface area contributed by atoms with Gasteiger partial charge in [0.15, 0.2) is 0 Å². The quantitative estimate of drug-likeness (QED) is 0.620. The van der Waals surface area contributed by atoms with Gasteiger partial charge in [0, 0.05) is 19.6 Å². The number of hydrogen-bond donors (Lipinski definition) is 3. The third kappa shape index (κ3) is 3.63. The summed E-state index contributed by atoms with van der Waals surface area (Å²) < 4.78 is 0. The fraction of sp³-hybridized carbons (Fsp3) is 0.769. The zero-order valence-electron chi connectivity index (χ0n) is 12.0. The standard InChI is InChI=1S/C13H21N3O5/c1-13(21)3-2-5-15(8-13)12(20)16-6-4-14-11(19)9(16)7-10(17)18/h9,21H,2-8H2,1H3,(H,14,19)(H,17,18). The summed E-state index contributed by atoms with van der Waals surface area (Å²) in [6.45, 7) is 2.97. The summed E-state index contributed by atoms with van der Waals surface area (Å²) in [6.07, 6.45) is 0.889. The molecule has 0 aromatic heterocycles. The minimum Gasteiger partial charge on any atom is -0.481 e. The van der Waals surface area contributed by atoms with Crippen molar-refractivity contribution < 1.29 is 24.6 Å². The maximum atomic E-state index is 12.5. The number of carboxylic acid groups (broad SMARTS) is 1. The topological polar surface area (TPSA) is 110 Å². The minimum atomic E-state index is -1.12. The Balaban J connectivity index is 2.11. The number of β-amino-alcohol motifs (C(OH)–C–C–N with tert-alkyl or cyclic N) is 1. The lowest BCUT2D eigenvalue weighted by Crippen LogP contribution is -2.62. The van der Waals surface area contributed by atoms with Gasteiger partial charge >= 0.3 is 12.0 Å². The number of piperidine rings is 1. The average molecular weight is 299 g/mol. The highest BCUT2D eigenvalue weighted by molar-refractivity contribution is 5.91. The molecule has 0 saturated carbocycles. The third-order valence-corrected chi connectivity index (χ3v) is 3.89. The van der Waals surface area contributed by atoms with E-state index in [0.29, 0.717) is 25.9 Å². The number of carbonyl (C=O) groups is 3. The lowest BCUT2D eigenvalue weighted by atomic mass is 9.95. The largest absolute Gasteiger partial charge is 0.481 e. The molecule has 0 aliphatic carbocycles. The van der Waals surface area contributed by atoms with E-state index in [1.54, 1.807) is 6.92 Å². The number of aliphatic carboxylic acids is 1. The van der Waals surface area contributed by atoms with Crippen LogP contribution in [0.4, 0.5) is 4.79 Å². The van der Waals surface area contributed by atoms with E-state index >= 15 is 0 Å². The van der Waals surface area contributed by atoms with Crippen molar-refractivity contribution in [2.24, 2.45) is 0 Å². The van der Waals surface area contributed by atoms with E-state index in [9.17, 15) is 19.5 Å². The minimum absolute atomic E-state index is 0.198. The van der Waals surface area contributed by atoms with Gasteiger partial charge in [-0.15, -0.1) is 0 Å². The molecule has 2 heterocycles. The van der Waals surface area contributed by atoms with Gasteiger partial charge in [0.25, 0.3) is 0 Å². The Bertz CT molecular complexity index is 451. The number of aliphatic hydroxyl groups is 1. The smallest absolute Gasteiger partial charge is 0.320 e. The summed E-state index contributed by atoms with van der Waals surface area (Å²) in [5.74, 6) is -1.57. The molecular formula is C13H21N3O5. The summed E-state index contributed by atoms with van der Waals surface area (Å²) in [7, 11) is 0. The lowest BCUT2D eigenvalue weighted by molar-refractivity contribution is -0.142. The zero-order valence-corrected chi connectivity index (χ0v) is 12.0. The van der Waals surface area contributed by atoms with Gasteiger partial charge in [-0.1, -0.05) is 0 Å². The van der Waals surface area contributed by atoms with Gasteiger partial charge < -0.3 is 25.3 Å². The highest BCUT2D eigenvalue weighted by atomic mass is 16.4. The zero-order chi connectivity index (χ0) is 15.6. The van der Waals surface area contributed by atoms with Crippen molar-refractivity contribution in [2.75, 3.05) is 26.2 Å². The number of nitrogens with zero attached hydrogens (tertiary/aromatic N) is 2. The number of piperazine rings is 1. The van der Waals surface area contributed by atoms with Gasteiger partial charge in [-0.05, 0) is 19.8 Å². The van der Waals surface area contributed by atoms with Crippen molar-refractivity contribution in [1.29, 1.82) is 0 Å². The molecule has 8 nitrogen and oxygen atoms in total. The Kier molecular flexibility index (Phi) is 4.36. The van der Waals surface area contributed by atoms with Gasteiger partial charge in [0.1, 0.15) is 6.04 Å². The number of carbonyl (C=O) groups excluding carboxylic acids is 2.